The summed E-state index contributed by atoms with van der Waals surface area (Å²) in [5, 5.41) is 28.7. The van der Waals surface area contributed by atoms with E-state index in [0.717, 1.165) is 0 Å². The summed E-state index contributed by atoms with van der Waals surface area (Å²) < 4.78 is 0. The topological polar surface area (TPSA) is 290 Å². The van der Waals surface area contributed by atoms with Gasteiger partial charge in [0.05, 0.1) is 19.2 Å². The SMILES string of the molecule is CC[C@H](C)[C@H](NC(=O)[C@H](N)Cc1ccc(O)cc1)C(=O)NCC(=O)N[C@@H](CO)C(=O)N[C@@H](CCCN=C(N)N)C(N)=O. The summed E-state index contributed by atoms with van der Waals surface area (Å²) in [4.78, 5) is 66.1. The lowest BCUT2D eigenvalue weighted by atomic mass is 9.97. The van der Waals surface area contributed by atoms with Crippen molar-refractivity contribution in [1.29, 1.82) is 0 Å². The van der Waals surface area contributed by atoms with Gasteiger partial charge in [-0.15, -0.1) is 0 Å². The first-order valence-electron chi connectivity index (χ1n) is 13.5. The number of phenolic OH excluding ortho intramolecular Hbond substituents is 1. The van der Waals surface area contributed by atoms with Gasteiger partial charge in [-0.25, -0.2) is 0 Å². The molecule has 0 aromatic heterocycles. The third kappa shape index (κ3) is 12.8. The number of aliphatic hydroxyl groups is 1. The number of aliphatic imine (C=N–C) groups is 1. The zero-order valence-electron chi connectivity index (χ0n) is 23.8. The van der Waals surface area contributed by atoms with Crippen LogP contribution in [0.25, 0.3) is 0 Å². The second-order valence-corrected chi connectivity index (χ2v) is 9.78. The summed E-state index contributed by atoms with van der Waals surface area (Å²) in [5.41, 5.74) is 22.5. The van der Waals surface area contributed by atoms with Crippen LogP contribution in [-0.4, -0.2) is 89.6 Å². The smallest absolute Gasteiger partial charge is 0.245 e. The van der Waals surface area contributed by atoms with E-state index in [1.54, 1.807) is 19.1 Å². The highest BCUT2D eigenvalue weighted by Crippen LogP contribution is 2.12. The number of guanidine groups is 1. The second-order valence-electron chi connectivity index (χ2n) is 9.78. The summed E-state index contributed by atoms with van der Waals surface area (Å²) in [7, 11) is 0. The fourth-order valence-corrected chi connectivity index (χ4v) is 3.72. The standard InChI is InChI=1S/C26H43N9O7/c1-3-14(2)21(35-23(40)17(27)11-15-6-8-16(37)9-7-15)25(42)32-12-20(38)33-19(13-36)24(41)34-18(22(28)39)5-4-10-31-26(29)30/h6-9,14,17-19,21,36-37H,3-5,10-13,27H2,1-2H3,(H2,28,39)(H,32,42)(H,33,38)(H,34,41)(H,35,40)(H4,29,30,31)/t14-,17+,18-,19-,21-/m0/s1. The lowest BCUT2D eigenvalue weighted by molar-refractivity contribution is -0.133. The van der Waals surface area contributed by atoms with Gasteiger partial charge in [-0.3, -0.25) is 29.0 Å². The number of aliphatic hydroxyl groups excluding tert-OH is 1. The first-order valence-corrected chi connectivity index (χ1v) is 13.5. The molecule has 0 heterocycles. The van der Waals surface area contributed by atoms with Crippen molar-refractivity contribution in [1.82, 2.24) is 21.3 Å². The molecule has 0 bridgehead atoms. The number of hydrogen-bond donors (Lipinski definition) is 10. The fraction of sp³-hybridized carbons (Fsp3) is 0.538. The van der Waals surface area contributed by atoms with Crippen LogP contribution in [0.1, 0.15) is 38.7 Å². The van der Waals surface area contributed by atoms with Crippen LogP contribution in [0.3, 0.4) is 0 Å². The number of aromatic hydroxyl groups is 1. The summed E-state index contributed by atoms with van der Waals surface area (Å²) >= 11 is 0. The van der Waals surface area contributed by atoms with Gasteiger partial charge in [-0.05, 0) is 42.9 Å². The van der Waals surface area contributed by atoms with E-state index in [2.05, 4.69) is 26.3 Å². The van der Waals surface area contributed by atoms with Gasteiger partial charge in [0.1, 0.15) is 23.9 Å². The number of rotatable bonds is 18. The van der Waals surface area contributed by atoms with Crippen molar-refractivity contribution < 1.29 is 34.2 Å². The predicted octanol–water partition coefficient (Wildman–Crippen LogP) is -3.59. The average molecular weight is 594 g/mol. The molecule has 0 fully saturated rings. The number of carbonyl (C=O) groups excluding carboxylic acids is 5. The molecule has 0 aliphatic rings. The Morgan fingerprint density at radius 2 is 1.57 bits per heavy atom. The molecule has 0 unspecified atom stereocenters. The van der Waals surface area contributed by atoms with Crippen LogP contribution in [0.2, 0.25) is 0 Å². The molecule has 5 amide bonds. The van der Waals surface area contributed by atoms with E-state index in [9.17, 15) is 34.2 Å². The Balaban J connectivity index is 2.70. The quantitative estimate of drug-likeness (QED) is 0.0453. The zero-order chi connectivity index (χ0) is 31.8. The molecular formula is C26H43N9O7. The van der Waals surface area contributed by atoms with Gasteiger partial charge in [0.15, 0.2) is 5.96 Å². The summed E-state index contributed by atoms with van der Waals surface area (Å²) in [6.07, 6.45) is 1.13. The molecule has 14 N–H and O–H groups in total. The largest absolute Gasteiger partial charge is 0.508 e. The molecule has 1 rings (SSSR count). The maximum absolute atomic E-state index is 12.9. The third-order valence-electron chi connectivity index (χ3n) is 6.38. The van der Waals surface area contributed by atoms with E-state index in [-0.39, 0.29) is 37.0 Å². The van der Waals surface area contributed by atoms with E-state index in [4.69, 9.17) is 22.9 Å². The molecule has 0 saturated heterocycles. The summed E-state index contributed by atoms with van der Waals surface area (Å²) in [5.74, 6) is -4.09. The molecule has 0 aliphatic heterocycles. The van der Waals surface area contributed by atoms with Crippen molar-refractivity contribution >= 4 is 35.5 Å². The maximum Gasteiger partial charge on any atom is 0.245 e. The molecule has 0 radical (unpaired) electrons. The van der Waals surface area contributed by atoms with Crippen LogP contribution in [0, 0.1) is 5.92 Å². The molecule has 1 aromatic rings. The van der Waals surface area contributed by atoms with Crippen molar-refractivity contribution in [2.75, 3.05) is 19.7 Å². The predicted molar refractivity (Wildman–Crippen MR) is 154 cm³/mol. The zero-order valence-corrected chi connectivity index (χ0v) is 23.8. The van der Waals surface area contributed by atoms with Gasteiger partial charge in [0, 0.05) is 6.54 Å². The van der Waals surface area contributed by atoms with Crippen molar-refractivity contribution in [3.8, 4) is 5.75 Å². The molecule has 0 saturated carbocycles. The third-order valence-corrected chi connectivity index (χ3v) is 6.38. The first kappa shape index (κ1) is 35.6. The Hall–Kier alpha value is -4.44. The van der Waals surface area contributed by atoms with Gasteiger partial charge in [-0.2, -0.15) is 0 Å². The Morgan fingerprint density at radius 1 is 0.929 bits per heavy atom. The van der Waals surface area contributed by atoms with E-state index >= 15 is 0 Å². The Kier molecular flexibility index (Phi) is 15.3. The monoisotopic (exact) mass is 593 g/mol. The number of benzene rings is 1. The van der Waals surface area contributed by atoms with Gasteiger partial charge >= 0.3 is 0 Å². The highest BCUT2D eigenvalue weighted by molar-refractivity contribution is 5.94. The minimum absolute atomic E-state index is 0.0751. The minimum Gasteiger partial charge on any atom is -0.508 e. The molecule has 42 heavy (non-hydrogen) atoms. The number of hydrogen-bond acceptors (Lipinski definition) is 9. The Morgan fingerprint density at radius 3 is 2.12 bits per heavy atom. The fourth-order valence-electron chi connectivity index (χ4n) is 3.72. The number of amides is 5. The van der Waals surface area contributed by atoms with Gasteiger partial charge in [-0.1, -0.05) is 32.4 Å². The summed E-state index contributed by atoms with van der Waals surface area (Å²) in [6.45, 7) is 2.40. The Labute approximate surface area is 244 Å². The molecule has 16 heteroatoms. The molecule has 0 spiro atoms. The van der Waals surface area contributed by atoms with Gasteiger partial charge in [0.2, 0.25) is 29.5 Å². The lowest BCUT2D eigenvalue weighted by Crippen LogP contribution is -2.57. The number of carbonyl (C=O) groups is 5. The number of nitrogens with two attached hydrogens (primary N) is 4. The van der Waals surface area contributed by atoms with Crippen molar-refractivity contribution in [3.05, 3.63) is 29.8 Å². The lowest BCUT2D eigenvalue weighted by Gasteiger charge is -2.25. The van der Waals surface area contributed by atoms with Gasteiger partial charge < -0.3 is 54.4 Å². The molecular weight excluding hydrogens is 550 g/mol. The number of nitrogens with zero attached hydrogens (tertiary/aromatic N) is 1. The van der Waals surface area contributed by atoms with E-state index in [1.807, 2.05) is 6.92 Å². The van der Waals surface area contributed by atoms with Crippen molar-refractivity contribution in [2.24, 2.45) is 33.8 Å². The van der Waals surface area contributed by atoms with Crippen LogP contribution < -0.4 is 44.2 Å². The van der Waals surface area contributed by atoms with Crippen molar-refractivity contribution in [3.63, 3.8) is 0 Å². The van der Waals surface area contributed by atoms with Crippen molar-refractivity contribution in [2.45, 2.75) is 63.7 Å². The Bertz CT molecular complexity index is 1090. The summed E-state index contributed by atoms with van der Waals surface area (Å²) in [6, 6.07) is 1.68. The van der Waals surface area contributed by atoms with E-state index in [1.165, 1.54) is 12.1 Å². The van der Waals surface area contributed by atoms with Crippen LogP contribution in [0.15, 0.2) is 29.3 Å². The van der Waals surface area contributed by atoms with E-state index < -0.39 is 66.9 Å². The van der Waals surface area contributed by atoms with Crippen LogP contribution in [0.5, 0.6) is 5.75 Å². The molecule has 0 aliphatic carbocycles. The molecule has 1 aromatic carbocycles. The minimum atomic E-state index is -1.43. The van der Waals surface area contributed by atoms with Crippen LogP contribution in [0.4, 0.5) is 0 Å². The van der Waals surface area contributed by atoms with Crippen LogP contribution in [-0.2, 0) is 30.4 Å². The van der Waals surface area contributed by atoms with E-state index in [0.29, 0.717) is 18.4 Å². The maximum atomic E-state index is 12.9. The normalized spacial score (nSPS) is 14.3. The average Bonchev–Trinajstić information content (AvgIpc) is 2.94. The number of primary amides is 1. The number of nitrogens with one attached hydrogen (secondary N) is 4. The van der Waals surface area contributed by atoms with Crippen LogP contribution >= 0.6 is 0 Å². The van der Waals surface area contributed by atoms with Gasteiger partial charge in [0.25, 0.3) is 0 Å². The first-order chi connectivity index (χ1) is 19.8. The molecule has 16 nitrogen and oxygen atoms in total. The highest BCUT2D eigenvalue weighted by atomic mass is 16.3. The highest BCUT2D eigenvalue weighted by Gasteiger charge is 2.29. The molecule has 5 atom stereocenters. The molecule has 234 valence electrons. The number of phenols is 1. The second kappa shape index (κ2) is 18.1.